The van der Waals surface area contributed by atoms with Gasteiger partial charge in [-0.05, 0) is 64.0 Å². The first-order valence-electron chi connectivity index (χ1n) is 10.5. The van der Waals surface area contributed by atoms with Crippen molar-refractivity contribution >= 4 is 33.4 Å². The Hall–Kier alpha value is -2.38. The summed E-state index contributed by atoms with van der Waals surface area (Å²) in [5.74, 6) is 0.00440. The number of halogens is 1. The summed E-state index contributed by atoms with van der Waals surface area (Å²) < 4.78 is 12.0. The number of benzene rings is 2. The molecule has 1 aliphatic heterocycles. The maximum Gasteiger partial charge on any atom is 0.262 e. The number of amides is 2. The van der Waals surface area contributed by atoms with E-state index in [2.05, 4.69) is 47.3 Å². The lowest BCUT2D eigenvalue weighted by Crippen LogP contribution is -2.32. The third-order valence-corrected chi connectivity index (χ3v) is 5.74. The standard InChI is InChI=1S/C24H29BrN2O4/c1-24(2,3)16-10-11-21(19(25)13-16)31-15-22(28)27-20-9-5-4-8-18(20)23(29)26-14-17-7-6-12-30-17/h4-5,8-11,13,17H,6-7,12,14-15H2,1-3H3,(H,26,29)(H,27,28). The summed E-state index contributed by atoms with van der Waals surface area (Å²) in [6.07, 6.45) is 2.02. The Labute approximate surface area is 191 Å². The molecule has 6 nitrogen and oxygen atoms in total. The van der Waals surface area contributed by atoms with Crippen molar-refractivity contribution in [3.63, 3.8) is 0 Å². The molecule has 1 heterocycles. The number of ether oxygens (including phenoxy) is 2. The number of rotatable bonds is 7. The lowest BCUT2D eigenvalue weighted by atomic mass is 9.87. The molecule has 1 saturated heterocycles. The van der Waals surface area contributed by atoms with Gasteiger partial charge < -0.3 is 20.1 Å². The van der Waals surface area contributed by atoms with Crippen LogP contribution in [-0.4, -0.2) is 37.7 Å². The Bertz CT molecular complexity index is 933. The van der Waals surface area contributed by atoms with Crippen LogP contribution in [0.25, 0.3) is 0 Å². The first kappa shape index (κ1) is 23.3. The molecule has 2 amide bonds. The number of hydrogen-bond donors (Lipinski definition) is 2. The van der Waals surface area contributed by atoms with Gasteiger partial charge in [0, 0.05) is 13.2 Å². The van der Waals surface area contributed by atoms with Gasteiger partial charge in [0.1, 0.15) is 5.75 Å². The summed E-state index contributed by atoms with van der Waals surface area (Å²) in [5.41, 5.74) is 2.04. The Morgan fingerprint density at radius 3 is 2.65 bits per heavy atom. The van der Waals surface area contributed by atoms with Crippen LogP contribution in [0.5, 0.6) is 5.75 Å². The molecule has 0 aromatic heterocycles. The highest BCUT2D eigenvalue weighted by Gasteiger charge is 2.19. The summed E-state index contributed by atoms with van der Waals surface area (Å²) in [4.78, 5) is 25.0. The molecular weight excluding hydrogens is 460 g/mol. The van der Waals surface area contributed by atoms with Gasteiger partial charge in [-0.15, -0.1) is 0 Å². The molecule has 1 unspecified atom stereocenters. The van der Waals surface area contributed by atoms with Crippen LogP contribution in [0.4, 0.5) is 5.69 Å². The van der Waals surface area contributed by atoms with Crippen molar-refractivity contribution < 1.29 is 19.1 Å². The van der Waals surface area contributed by atoms with Gasteiger partial charge in [-0.1, -0.05) is 39.0 Å². The predicted molar refractivity (Wildman–Crippen MR) is 125 cm³/mol. The van der Waals surface area contributed by atoms with Gasteiger partial charge >= 0.3 is 0 Å². The van der Waals surface area contributed by atoms with Crippen molar-refractivity contribution in [2.75, 3.05) is 25.1 Å². The van der Waals surface area contributed by atoms with E-state index in [1.54, 1.807) is 24.3 Å². The van der Waals surface area contributed by atoms with Gasteiger partial charge in [0.05, 0.1) is 21.8 Å². The number of carbonyl (C=O) groups is 2. The van der Waals surface area contributed by atoms with E-state index in [1.807, 2.05) is 18.2 Å². The molecular formula is C24H29BrN2O4. The minimum Gasteiger partial charge on any atom is -0.483 e. The van der Waals surface area contributed by atoms with Crippen molar-refractivity contribution in [2.45, 2.75) is 45.1 Å². The third kappa shape index (κ3) is 6.55. The number of anilines is 1. The summed E-state index contributed by atoms with van der Waals surface area (Å²) in [5, 5.41) is 5.66. The van der Waals surface area contributed by atoms with Crippen LogP contribution in [0.15, 0.2) is 46.9 Å². The molecule has 1 atom stereocenters. The van der Waals surface area contributed by atoms with E-state index < -0.39 is 0 Å². The highest BCUT2D eigenvalue weighted by Crippen LogP contribution is 2.31. The smallest absolute Gasteiger partial charge is 0.262 e. The minimum absolute atomic E-state index is 0.0204. The van der Waals surface area contributed by atoms with Gasteiger partial charge in [0.2, 0.25) is 0 Å². The summed E-state index contributed by atoms with van der Waals surface area (Å²) in [7, 11) is 0. The second-order valence-electron chi connectivity index (χ2n) is 8.62. The summed E-state index contributed by atoms with van der Waals surface area (Å²) in [6, 6.07) is 12.8. The molecule has 2 N–H and O–H groups in total. The molecule has 7 heteroatoms. The van der Waals surface area contributed by atoms with E-state index in [0.29, 0.717) is 23.5 Å². The molecule has 1 fully saturated rings. The SMILES string of the molecule is CC(C)(C)c1ccc(OCC(=O)Nc2ccccc2C(=O)NCC2CCCO2)c(Br)c1. The topological polar surface area (TPSA) is 76.7 Å². The molecule has 0 radical (unpaired) electrons. The van der Waals surface area contributed by atoms with Crippen LogP contribution in [0.3, 0.4) is 0 Å². The Balaban J connectivity index is 1.57. The van der Waals surface area contributed by atoms with Gasteiger partial charge in [-0.25, -0.2) is 0 Å². The fraction of sp³-hybridized carbons (Fsp3) is 0.417. The Morgan fingerprint density at radius 1 is 1.19 bits per heavy atom. The monoisotopic (exact) mass is 488 g/mol. The Kier molecular flexibility index (Phi) is 7.73. The van der Waals surface area contributed by atoms with Crippen LogP contribution in [0.2, 0.25) is 0 Å². The normalized spacial score (nSPS) is 16.1. The first-order valence-corrected chi connectivity index (χ1v) is 11.2. The molecule has 0 aliphatic carbocycles. The van der Waals surface area contributed by atoms with E-state index in [4.69, 9.17) is 9.47 Å². The fourth-order valence-corrected chi connectivity index (χ4v) is 3.80. The fourth-order valence-electron chi connectivity index (χ4n) is 3.31. The number of carbonyl (C=O) groups excluding carboxylic acids is 2. The molecule has 2 aromatic carbocycles. The maximum atomic E-state index is 12.6. The Morgan fingerprint density at radius 2 is 1.97 bits per heavy atom. The van der Waals surface area contributed by atoms with Crippen LogP contribution in [0.1, 0.15) is 49.5 Å². The minimum atomic E-state index is -0.342. The predicted octanol–water partition coefficient (Wildman–Crippen LogP) is 4.67. The van der Waals surface area contributed by atoms with Gasteiger partial charge in [0.15, 0.2) is 6.61 Å². The average molecular weight is 489 g/mol. The molecule has 0 bridgehead atoms. The van der Waals surface area contributed by atoms with Crippen LogP contribution in [0, 0.1) is 0 Å². The average Bonchev–Trinajstić information content (AvgIpc) is 3.24. The van der Waals surface area contributed by atoms with E-state index in [0.717, 1.165) is 23.9 Å². The summed E-state index contributed by atoms with van der Waals surface area (Å²) >= 11 is 3.51. The van der Waals surface area contributed by atoms with Gasteiger partial charge in [0.25, 0.3) is 11.8 Å². The molecule has 166 valence electrons. The van der Waals surface area contributed by atoms with Gasteiger partial charge in [-0.2, -0.15) is 0 Å². The molecule has 1 aliphatic rings. The second kappa shape index (κ2) is 10.3. The number of para-hydroxylation sites is 1. The lowest BCUT2D eigenvalue weighted by Gasteiger charge is -2.20. The second-order valence-corrected chi connectivity index (χ2v) is 9.48. The van der Waals surface area contributed by atoms with Crippen molar-refractivity contribution in [2.24, 2.45) is 0 Å². The van der Waals surface area contributed by atoms with E-state index in [-0.39, 0.29) is 29.9 Å². The zero-order valence-corrected chi connectivity index (χ0v) is 19.8. The van der Waals surface area contributed by atoms with Crippen LogP contribution in [-0.2, 0) is 14.9 Å². The van der Waals surface area contributed by atoms with Crippen molar-refractivity contribution in [3.05, 3.63) is 58.1 Å². The van der Waals surface area contributed by atoms with E-state index in [1.165, 1.54) is 5.56 Å². The molecule has 31 heavy (non-hydrogen) atoms. The summed E-state index contributed by atoms with van der Waals surface area (Å²) in [6.45, 7) is 7.44. The number of nitrogens with one attached hydrogen (secondary N) is 2. The van der Waals surface area contributed by atoms with Crippen molar-refractivity contribution in [3.8, 4) is 5.75 Å². The van der Waals surface area contributed by atoms with Crippen molar-refractivity contribution in [1.82, 2.24) is 5.32 Å². The molecule has 0 spiro atoms. The van der Waals surface area contributed by atoms with Gasteiger partial charge in [-0.3, -0.25) is 9.59 Å². The van der Waals surface area contributed by atoms with Crippen LogP contribution < -0.4 is 15.4 Å². The third-order valence-electron chi connectivity index (χ3n) is 5.12. The van der Waals surface area contributed by atoms with E-state index >= 15 is 0 Å². The lowest BCUT2D eigenvalue weighted by molar-refractivity contribution is -0.118. The quantitative estimate of drug-likeness (QED) is 0.593. The van der Waals surface area contributed by atoms with Crippen molar-refractivity contribution in [1.29, 1.82) is 0 Å². The van der Waals surface area contributed by atoms with E-state index in [9.17, 15) is 9.59 Å². The highest BCUT2D eigenvalue weighted by atomic mass is 79.9. The zero-order chi connectivity index (χ0) is 22.4. The number of hydrogen-bond acceptors (Lipinski definition) is 4. The molecule has 2 aromatic rings. The molecule has 3 rings (SSSR count). The van der Waals surface area contributed by atoms with Crippen LogP contribution >= 0.6 is 15.9 Å². The highest BCUT2D eigenvalue weighted by molar-refractivity contribution is 9.10. The maximum absolute atomic E-state index is 12.6. The molecule has 0 saturated carbocycles. The largest absolute Gasteiger partial charge is 0.483 e. The first-order chi connectivity index (χ1) is 14.7. The zero-order valence-electron chi connectivity index (χ0n) is 18.2.